The number of nitrogens with one attached hydrogen (secondary N) is 1. The lowest BCUT2D eigenvalue weighted by Gasteiger charge is -2.22. The van der Waals surface area contributed by atoms with E-state index < -0.39 is 0 Å². The maximum Gasteiger partial charge on any atom is 0.241 e. The molecule has 0 aromatic heterocycles. The molecular formula is C15H21ClN2O. The Bertz CT molecular complexity index is 432. The second kappa shape index (κ2) is 6.40. The topological polar surface area (TPSA) is 32.3 Å². The van der Waals surface area contributed by atoms with Crippen molar-refractivity contribution in [2.24, 2.45) is 0 Å². The van der Waals surface area contributed by atoms with Crippen LogP contribution >= 0.6 is 11.6 Å². The maximum absolute atomic E-state index is 12.3. The molecule has 0 spiro atoms. The number of nitrogens with zero attached hydrogens (tertiary/aromatic N) is 1. The maximum atomic E-state index is 12.3. The van der Waals surface area contributed by atoms with Crippen LogP contribution in [-0.4, -0.2) is 23.4 Å². The second-order valence-electron chi connectivity index (χ2n) is 4.94. The highest BCUT2D eigenvalue weighted by molar-refractivity contribution is 6.30. The number of hydrogen-bond donors (Lipinski definition) is 1. The number of halogens is 1. The summed E-state index contributed by atoms with van der Waals surface area (Å²) in [7, 11) is 0. The van der Waals surface area contributed by atoms with Crippen molar-refractivity contribution in [1.29, 1.82) is 0 Å². The first-order valence-electron chi connectivity index (χ1n) is 6.99. The molecule has 3 nitrogen and oxygen atoms in total. The number of benzene rings is 1. The van der Waals surface area contributed by atoms with E-state index in [0.717, 1.165) is 36.4 Å². The number of rotatable bonds is 5. The van der Waals surface area contributed by atoms with Gasteiger partial charge in [-0.05, 0) is 31.0 Å². The summed E-state index contributed by atoms with van der Waals surface area (Å²) in [5.41, 5.74) is 1.10. The van der Waals surface area contributed by atoms with Crippen molar-refractivity contribution in [2.45, 2.75) is 45.3 Å². The standard InChI is InChI=1S/C15H21ClN2O/c1-3-5-6-13-15(19)18(4-2)14(17-13)11-7-9-12(16)10-8-11/h7-10,13-14,17H,3-6H2,1-2H3. The molecule has 0 saturated carbocycles. The van der Waals surface area contributed by atoms with Crippen molar-refractivity contribution >= 4 is 17.5 Å². The minimum absolute atomic E-state index is 0.0170. The van der Waals surface area contributed by atoms with Crippen molar-refractivity contribution in [2.75, 3.05) is 6.54 Å². The van der Waals surface area contributed by atoms with E-state index in [-0.39, 0.29) is 18.1 Å². The predicted molar refractivity (Wildman–Crippen MR) is 78.0 cm³/mol. The minimum atomic E-state index is -0.0411. The molecule has 0 bridgehead atoms. The van der Waals surface area contributed by atoms with Gasteiger partial charge in [0.15, 0.2) is 0 Å². The highest BCUT2D eigenvalue weighted by Gasteiger charge is 2.37. The van der Waals surface area contributed by atoms with E-state index in [4.69, 9.17) is 11.6 Å². The van der Waals surface area contributed by atoms with Crippen LogP contribution in [-0.2, 0) is 4.79 Å². The Labute approximate surface area is 119 Å². The lowest BCUT2D eigenvalue weighted by molar-refractivity contribution is -0.130. The Morgan fingerprint density at radius 2 is 1.95 bits per heavy atom. The molecule has 1 aromatic carbocycles. The number of amides is 1. The second-order valence-corrected chi connectivity index (χ2v) is 5.38. The molecule has 1 saturated heterocycles. The summed E-state index contributed by atoms with van der Waals surface area (Å²) in [6.45, 7) is 4.89. The fraction of sp³-hybridized carbons (Fsp3) is 0.533. The molecule has 1 aliphatic heterocycles. The lowest BCUT2D eigenvalue weighted by atomic mass is 10.1. The molecule has 1 amide bonds. The van der Waals surface area contributed by atoms with E-state index in [1.165, 1.54) is 0 Å². The first kappa shape index (κ1) is 14.4. The van der Waals surface area contributed by atoms with E-state index >= 15 is 0 Å². The molecule has 2 rings (SSSR count). The van der Waals surface area contributed by atoms with Gasteiger partial charge in [-0.15, -0.1) is 0 Å². The van der Waals surface area contributed by atoms with Crippen LogP contribution in [0.4, 0.5) is 0 Å². The molecular weight excluding hydrogens is 260 g/mol. The fourth-order valence-electron chi connectivity index (χ4n) is 2.55. The average molecular weight is 281 g/mol. The molecule has 0 radical (unpaired) electrons. The molecule has 1 aliphatic rings. The fourth-order valence-corrected chi connectivity index (χ4v) is 2.68. The van der Waals surface area contributed by atoms with Crippen molar-refractivity contribution < 1.29 is 4.79 Å². The molecule has 2 unspecified atom stereocenters. The highest BCUT2D eigenvalue weighted by atomic mass is 35.5. The van der Waals surface area contributed by atoms with Gasteiger partial charge in [0.2, 0.25) is 5.91 Å². The molecule has 1 N–H and O–H groups in total. The van der Waals surface area contributed by atoms with E-state index in [1.807, 2.05) is 36.1 Å². The SMILES string of the molecule is CCCCC1NC(c2ccc(Cl)cc2)N(CC)C1=O. The van der Waals surface area contributed by atoms with E-state index in [2.05, 4.69) is 12.2 Å². The molecule has 1 fully saturated rings. The van der Waals surface area contributed by atoms with Gasteiger partial charge in [-0.2, -0.15) is 0 Å². The Kier molecular flexibility index (Phi) is 4.83. The highest BCUT2D eigenvalue weighted by Crippen LogP contribution is 2.27. The van der Waals surface area contributed by atoms with Crippen molar-refractivity contribution in [3.05, 3.63) is 34.9 Å². The third-order valence-electron chi connectivity index (χ3n) is 3.62. The third-order valence-corrected chi connectivity index (χ3v) is 3.88. The zero-order chi connectivity index (χ0) is 13.8. The average Bonchev–Trinajstić information content (AvgIpc) is 2.73. The van der Waals surface area contributed by atoms with Gasteiger partial charge in [0.25, 0.3) is 0 Å². The van der Waals surface area contributed by atoms with Gasteiger partial charge in [-0.25, -0.2) is 0 Å². The van der Waals surface area contributed by atoms with Gasteiger partial charge in [0.05, 0.1) is 6.04 Å². The predicted octanol–water partition coefficient (Wildman–Crippen LogP) is 3.35. The summed E-state index contributed by atoms with van der Waals surface area (Å²) < 4.78 is 0. The van der Waals surface area contributed by atoms with Crippen molar-refractivity contribution in [3.63, 3.8) is 0 Å². The molecule has 2 atom stereocenters. The summed E-state index contributed by atoms with van der Waals surface area (Å²) >= 11 is 5.91. The smallest absolute Gasteiger partial charge is 0.241 e. The normalized spacial score (nSPS) is 23.1. The van der Waals surface area contributed by atoms with Gasteiger partial charge in [0, 0.05) is 11.6 Å². The Balaban J connectivity index is 2.15. The summed E-state index contributed by atoms with van der Waals surface area (Å²) in [6, 6.07) is 7.67. The molecule has 0 aliphatic carbocycles. The number of carbonyl (C=O) groups excluding carboxylic acids is 1. The van der Waals surface area contributed by atoms with Crippen LogP contribution in [0.1, 0.15) is 44.8 Å². The third kappa shape index (κ3) is 3.10. The number of unbranched alkanes of at least 4 members (excludes halogenated alkanes) is 1. The Morgan fingerprint density at radius 1 is 1.26 bits per heavy atom. The quantitative estimate of drug-likeness (QED) is 0.897. The van der Waals surface area contributed by atoms with Crippen LogP contribution in [0, 0.1) is 0 Å². The molecule has 19 heavy (non-hydrogen) atoms. The van der Waals surface area contributed by atoms with Gasteiger partial charge in [-0.1, -0.05) is 43.5 Å². The van der Waals surface area contributed by atoms with Crippen LogP contribution in [0.3, 0.4) is 0 Å². The molecule has 1 heterocycles. The van der Waals surface area contributed by atoms with Gasteiger partial charge in [-0.3, -0.25) is 10.1 Å². The van der Waals surface area contributed by atoms with Crippen LogP contribution < -0.4 is 5.32 Å². The summed E-state index contributed by atoms with van der Waals surface area (Å²) in [4.78, 5) is 14.2. The number of likely N-dealkylation sites (N-methyl/N-ethyl adjacent to an activating group) is 1. The van der Waals surface area contributed by atoms with Crippen molar-refractivity contribution in [1.82, 2.24) is 10.2 Å². The summed E-state index contributed by atoms with van der Waals surface area (Å²) in [6.07, 6.45) is 3.09. The minimum Gasteiger partial charge on any atom is -0.322 e. The van der Waals surface area contributed by atoms with Crippen LogP contribution in [0.5, 0.6) is 0 Å². The first-order valence-corrected chi connectivity index (χ1v) is 7.37. The number of hydrogen-bond acceptors (Lipinski definition) is 2. The van der Waals surface area contributed by atoms with E-state index in [1.54, 1.807) is 0 Å². The Morgan fingerprint density at radius 3 is 2.53 bits per heavy atom. The van der Waals surface area contributed by atoms with Gasteiger partial charge >= 0.3 is 0 Å². The zero-order valence-corrected chi connectivity index (χ0v) is 12.3. The van der Waals surface area contributed by atoms with E-state index in [9.17, 15) is 4.79 Å². The zero-order valence-electron chi connectivity index (χ0n) is 11.5. The van der Waals surface area contributed by atoms with Gasteiger partial charge in [0.1, 0.15) is 6.17 Å². The molecule has 104 valence electrons. The van der Waals surface area contributed by atoms with Gasteiger partial charge < -0.3 is 4.90 Å². The largest absolute Gasteiger partial charge is 0.322 e. The summed E-state index contributed by atoms with van der Waals surface area (Å²) in [5.74, 6) is 0.218. The number of carbonyl (C=O) groups is 1. The van der Waals surface area contributed by atoms with Crippen LogP contribution in [0.2, 0.25) is 5.02 Å². The van der Waals surface area contributed by atoms with Crippen LogP contribution in [0.15, 0.2) is 24.3 Å². The summed E-state index contributed by atoms with van der Waals surface area (Å²) in [5, 5.41) is 4.17. The lowest BCUT2D eigenvalue weighted by Crippen LogP contribution is -2.30. The van der Waals surface area contributed by atoms with Crippen molar-refractivity contribution in [3.8, 4) is 0 Å². The Hall–Kier alpha value is -1.06. The monoisotopic (exact) mass is 280 g/mol. The first-order chi connectivity index (χ1) is 9.17. The molecule has 4 heteroatoms. The van der Waals surface area contributed by atoms with E-state index in [0.29, 0.717) is 0 Å². The van der Waals surface area contributed by atoms with Crippen LogP contribution in [0.25, 0.3) is 0 Å². The molecule has 1 aromatic rings.